The quantitative estimate of drug-likeness (QED) is 0.471. The summed E-state index contributed by atoms with van der Waals surface area (Å²) >= 11 is 3.14. The zero-order valence-electron chi connectivity index (χ0n) is 7.57. The van der Waals surface area contributed by atoms with E-state index in [1.54, 1.807) is 24.3 Å². The SMILES string of the molecule is COC(=O)C(=O)C(Br)c1ccccc1. The van der Waals surface area contributed by atoms with E-state index in [1.165, 1.54) is 7.11 Å². The van der Waals surface area contributed by atoms with Crippen molar-refractivity contribution in [3.63, 3.8) is 0 Å². The standard InChI is InChI=1S/C10H9BrO3/c1-14-10(13)9(12)8(11)7-5-3-2-4-6-7/h2-6,8H,1H3. The molecule has 14 heavy (non-hydrogen) atoms. The number of carbonyl (C=O) groups is 2. The van der Waals surface area contributed by atoms with Crippen LogP contribution in [0.1, 0.15) is 10.4 Å². The first kappa shape index (κ1) is 10.9. The number of methoxy groups -OCH3 is 1. The topological polar surface area (TPSA) is 43.4 Å². The number of alkyl halides is 1. The molecule has 0 fully saturated rings. The third-order valence-electron chi connectivity index (χ3n) is 1.71. The molecule has 0 aliphatic heterocycles. The second-order valence-corrected chi connectivity index (χ2v) is 3.54. The highest BCUT2D eigenvalue weighted by Gasteiger charge is 2.24. The van der Waals surface area contributed by atoms with Crippen molar-refractivity contribution in [2.45, 2.75) is 4.83 Å². The molecule has 0 heterocycles. The molecular weight excluding hydrogens is 248 g/mol. The fourth-order valence-corrected chi connectivity index (χ4v) is 1.47. The van der Waals surface area contributed by atoms with E-state index in [0.717, 1.165) is 5.56 Å². The van der Waals surface area contributed by atoms with E-state index >= 15 is 0 Å². The Hall–Kier alpha value is -1.16. The Balaban J connectivity index is 2.81. The minimum absolute atomic E-state index is 0.598. The van der Waals surface area contributed by atoms with Gasteiger partial charge in [-0.05, 0) is 5.56 Å². The van der Waals surface area contributed by atoms with Crippen molar-refractivity contribution in [1.82, 2.24) is 0 Å². The fourth-order valence-electron chi connectivity index (χ4n) is 0.977. The maximum Gasteiger partial charge on any atom is 0.375 e. The van der Waals surface area contributed by atoms with Crippen molar-refractivity contribution in [2.24, 2.45) is 0 Å². The van der Waals surface area contributed by atoms with Gasteiger partial charge in [0.1, 0.15) is 4.83 Å². The van der Waals surface area contributed by atoms with E-state index < -0.39 is 16.6 Å². The first-order valence-corrected chi connectivity index (χ1v) is 4.89. The van der Waals surface area contributed by atoms with Crippen LogP contribution in [0.2, 0.25) is 0 Å². The number of esters is 1. The van der Waals surface area contributed by atoms with Gasteiger partial charge in [0.05, 0.1) is 7.11 Å². The number of hydrogen-bond donors (Lipinski definition) is 0. The lowest BCUT2D eigenvalue weighted by Crippen LogP contribution is -2.19. The lowest BCUT2D eigenvalue weighted by Gasteiger charge is -2.06. The Kier molecular flexibility index (Phi) is 3.83. The molecule has 1 unspecified atom stereocenters. The van der Waals surface area contributed by atoms with Gasteiger partial charge in [-0.2, -0.15) is 0 Å². The summed E-state index contributed by atoms with van der Waals surface area (Å²) in [4.78, 5) is 21.6. The molecule has 0 spiro atoms. The Bertz CT molecular complexity index is 334. The number of ketones is 1. The second-order valence-electron chi connectivity index (χ2n) is 2.63. The van der Waals surface area contributed by atoms with Crippen LogP contribution in [0.4, 0.5) is 0 Å². The first-order valence-electron chi connectivity index (χ1n) is 3.98. The molecule has 1 aromatic rings. The van der Waals surface area contributed by atoms with Gasteiger partial charge in [-0.1, -0.05) is 46.3 Å². The van der Waals surface area contributed by atoms with Crippen molar-refractivity contribution in [1.29, 1.82) is 0 Å². The highest BCUT2D eigenvalue weighted by molar-refractivity contribution is 9.09. The van der Waals surface area contributed by atoms with E-state index in [-0.39, 0.29) is 0 Å². The van der Waals surface area contributed by atoms with Crippen LogP contribution in [0.5, 0.6) is 0 Å². The van der Waals surface area contributed by atoms with Crippen LogP contribution >= 0.6 is 15.9 Å². The molecule has 1 rings (SSSR count). The lowest BCUT2D eigenvalue weighted by atomic mass is 10.1. The van der Waals surface area contributed by atoms with E-state index in [4.69, 9.17) is 0 Å². The summed E-state index contributed by atoms with van der Waals surface area (Å²) in [6.07, 6.45) is 0. The molecule has 4 heteroatoms. The number of rotatable bonds is 3. The third-order valence-corrected chi connectivity index (χ3v) is 2.65. The molecule has 0 aliphatic carbocycles. The zero-order valence-corrected chi connectivity index (χ0v) is 9.15. The van der Waals surface area contributed by atoms with Gasteiger partial charge >= 0.3 is 5.97 Å². The monoisotopic (exact) mass is 256 g/mol. The van der Waals surface area contributed by atoms with E-state index in [0.29, 0.717) is 0 Å². The second kappa shape index (κ2) is 4.91. The zero-order chi connectivity index (χ0) is 10.6. The summed E-state index contributed by atoms with van der Waals surface area (Å²) in [5, 5.41) is 0. The Morgan fingerprint density at radius 1 is 1.29 bits per heavy atom. The summed E-state index contributed by atoms with van der Waals surface area (Å²) in [5.41, 5.74) is 0.739. The summed E-state index contributed by atoms with van der Waals surface area (Å²) in [5.74, 6) is -1.44. The van der Waals surface area contributed by atoms with Gasteiger partial charge < -0.3 is 4.74 Å². The number of hydrogen-bond acceptors (Lipinski definition) is 3. The third kappa shape index (κ3) is 2.42. The van der Waals surface area contributed by atoms with Crippen molar-refractivity contribution in [3.8, 4) is 0 Å². The predicted molar refractivity (Wildman–Crippen MR) is 55.1 cm³/mol. The molecule has 1 atom stereocenters. The van der Waals surface area contributed by atoms with Crippen LogP contribution < -0.4 is 0 Å². The highest BCUT2D eigenvalue weighted by Crippen LogP contribution is 2.23. The Morgan fingerprint density at radius 3 is 2.36 bits per heavy atom. The molecule has 0 radical (unpaired) electrons. The first-order chi connectivity index (χ1) is 6.66. The largest absolute Gasteiger partial charge is 0.463 e. The van der Waals surface area contributed by atoms with E-state index in [9.17, 15) is 9.59 Å². The van der Waals surface area contributed by atoms with Gasteiger partial charge in [0.15, 0.2) is 0 Å². The highest BCUT2D eigenvalue weighted by atomic mass is 79.9. The van der Waals surface area contributed by atoms with Crippen LogP contribution in [0.25, 0.3) is 0 Å². The molecule has 0 amide bonds. The van der Waals surface area contributed by atoms with Crippen LogP contribution in [0, 0.1) is 0 Å². The van der Waals surface area contributed by atoms with Crippen LogP contribution in [-0.4, -0.2) is 18.9 Å². The maximum absolute atomic E-state index is 11.4. The van der Waals surface area contributed by atoms with Crippen molar-refractivity contribution in [3.05, 3.63) is 35.9 Å². The average Bonchev–Trinajstić information content (AvgIpc) is 2.27. The molecule has 0 N–H and O–H groups in total. The summed E-state index contributed by atoms with van der Waals surface area (Å²) < 4.78 is 4.34. The number of ether oxygens (including phenoxy) is 1. The van der Waals surface area contributed by atoms with Gasteiger partial charge in [-0.25, -0.2) is 4.79 Å². The molecule has 1 aromatic carbocycles. The van der Waals surface area contributed by atoms with E-state index in [1.807, 2.05) is 6.07 Å². The smallest absolute Gasteiger partial charge is 0.375 e. The molecule has 0 saturated carbocycles. The van der Waals surface area contributed by atoms with Gasteiger partial charge in [0.25, 0.3) is 5.78 Å². The molecule has 0 saturated heterocycles. The minimum atomic E-state index is -0.837. The minimum Gasteiger partial charge on any atom is -0.463 e. The molecule has 0 aliphatic rings. The Labute approximate surface area is 90.2 Å². The number of Topliss-reactive ketones (excluding diaryl/α,β-unsaturated/α-hetero) is 1. The van der Waals surface area contributed by atoms with Crippen LogP contribution in [0.3, 0.4) is 0 Å². The number of halogens is 1. The van der Waals surface area contributed by atoms with Gasteiger partial charge in [0, 0.05) is 0 Å². The fraction of sp³-hybridized carbons (Fsp3) is 0.200. The van der Waals surface area contributed by atoms with Gasteiger partial charge in [-0.3, -0.25) is 4.79 Å². The number of benzene rings is 1. The predicted octanol–water partition coefficient (Wildman–Crippen LogP) is 1.86. The lowest BCUT2D eigenvalue weighted by molar-refractivity contribution is -0.151. The van der Waals surface area contributed by atoms with Crippen LogP contribution in [0.15, 0.2) is 30.3 Å². The van der Waals surface area contributed by atoms with Gasteiger partial charge in [-0.15, -0.1) is 0 Å². The molecule has 0 aromatic heterocycles. The van der Waals surface area contributed by atoms with Crippen molar-refractivity contribution in [2.75, 3.05) is 7.11 Å². The van der Waals surface area contributed by atoms with E-state index in [2.05, 4.69) is 20.7 Å². The molecular formula is C10H9BrO3. The maximum atomic E-state index is 11.4. The average molecular weight is 257 g/mol. The normalized spacial score (nSPS) is 11.9. The Morgan fingerprint density at radius 2 is 1.86 bits per heavy atom. The molecule has 74 valence electrons. The summed E-state index contributed by atoms with van der Waals surface area (Å²) in [7, 11) is 1.19. The summed E-state index contributed by atoms with van der Waals surface area (Å²) in [6.45, 7) is 0. The van der Waals surface area contributed by atoms with Crippen molar-refractivity contribution >= 4 is 27.7 Å². The van der Waals surface area contributed by atoms with Crippen LogP contribution in [-0.2, 0) is 14.3 Å². The molecule has 3 nitrogen and oxygen atoms in total. The molecule has 0 bridgehead atoms. The number of carbonyl (C=O) groups excluding carboxylic acids is 2. The van der Waals surface area contributed by atoms with Gasteiger partial charge in [0.2, 0.25) is 0 Å². The van der Waals surface area contributed by atoms with Crippen molar-refractivity contribution < 1.29 is 14.3 Å². The summed E-state index contributed by atoms with van der Waals surface area (Å²) in [6, 6.07) is 8.97.